The van der Waals surface area contributed by atoms with Gasteiger partial charge in [0.2, 0.25) is 16.6 Å². The van der Waals surface area contributed by atoms with Gasteiger partial charge in [0.15, 0.2) is 5.82 Å². The van der Waals surface area contributed by atoms with E-state index in [-0.39, 0.29) is 11.8 Å². The summed E-state index contributed by atoms with van der Waals surface area (Å²) in [6, 6.07) is 16.0. The van der Waals surface area contributed by atoms with E-state index in [9.17, 15) is 4.79 Å². The summed E-state index contributed by atoms with van der Waals surface area (Å²) < 4.78 is 0. The highest BCUT2D eigenvalue weighted by Crippen LogP contribution is 2.35. The number of amides is 1. The number of hydrogen-bond donors (Lipinski definition) is 3. The molecule has 2 aliphatic heterocycles. The number of aromatic nitrogens is 2. The molecule has 32 heavy (non-hydrogen) atoms. The first-order valence-electron chi connectivity index (χ1n) is 10.5. The van der Waals surface area contributed by atoms with Crippen molar-refractivity contribution in [3.63, 3.8) is 0 Å². The quantitative estimate of drug-likeness (QED) is 0.498. The number of thioether (sulfide) groups is 1. The molecule has 3 aliphatic rings. The van der Waals surface area contributed by atoms with Crippen molar-refractivity contribution in [2.75, 3.05) is 17.3 Å². The molecule has 6 rings (SSSR count). The number of hydrogen-bond acceptors (Lipinski definition) is 7. The third-order valence-corrected chi connectivity index (χ3v) is 6.58. The van der Waals surface area contributed by atoms with Crippen molar-refractivity contribution in [3.8, 4) is 0 Å². The van der Waals surface area contributed by atoms with E-state index in [1.165, 1.54) is 0 Å². The van der Waals surface area contributed by atoms with Gasteiger partial charge in [-0.05, 0) is 65.9 Å². The Hall–Kier alpha value is -3.56. The maximum absolute atomic E-state index is 12.0. The Kier molecular flexibility index (Phi) is 4.70. The molecular formula is C23H21N7OS+. The minimum absolute atomic E-state index is 0.121. The maximum Gasteiger partial charge on any atom is 0.250 e. The number of aromatic amines is 1. The maximum atomic E-state index is 12.0. The van der Waals surface area contributed by atoms with Gasteiger partial charge in [0.25, 0.3) is 6.34 Å². The fourth-order valence-electron chi connectivity index (χ4n) is 3.70. The largest absolute Gasteiger partial charge is 0.326 e. The predicted octanol–water partition coefficient (Wildman–Crippen LogP) is 4.17. The first-order chi connectivity index (χ1) is 15.7. The van der Waals surface area contributed by atoms with Crippen molar-refractivity contribution in [1.29, 1.82) is 0 Å². The third kappa shape index (κ3) is 3.76. The SMILES string of the molecule is O=C(Nc1ccc(SC2=CN(Nc3n[nH]c4ccccc34)CC3=CN=C[N+]32)cc1)C1CC1. The predicted molar refractivity (Wildman–Crippen MR) is 127 cm³/mol. The molecule has 1 saturated carbocycles. The second-order valence-electron chi connectivity index (χ2n) is 7.97. The fourth-order valence-corrected chi connectivity index (χ4v) is 4.66. The molecule has 3 aromatic rings. The van der Waals surface area contributed by atoms with Crippen molar-refractivity contribution >= 4 is 46.4 Å². The highest BCUT2D eigenvalue weighted by molar-refractivity contribution is 8.03. The number of nitrogens with one attached hydrogen (secondary N) is 3. The lowest BCUT2D eigenvalue weighted by Gasteiger charge is -2.25. The second-order valence-corrected chi connectivity index (χ2v) is 9.06. The summed E-state index contributed by atoms with van der Waals surface area (Å²) in [6.07, 6.45) is 7.77. The zero-order chi connectivity index (χ0) is 21.5. The number of para-hydroxylation sites is 1. The van der Waals surface area contributed by atoms with Gasteiger partial charge in [-0.2, -0.15) is 5.10 Å². The number of rotatable bonds is 6. The van der Waals surface area contributed by atoms with Crippen LogP contribution in [0.3, 0.4) is 0 Å². The van der Waals surface area contributed by atoms with E-state index in [1.54, 1.807) is 11.8 Å². The van der Waals surface area contributed by atoms with E-state index in [1.807, 2.05) is 66.1 Å². The number of carbonyl (C=O) groups is 1. The third-order valence-electron chi connectivity index (χ3n) is 5.56. The van der Waals surface area contributed by atoms with Crippen LogP contribution in [-0.4, -0.2) is 34.0 Å². The molecule has 0 spiro atoms. The molecule has 9 heteroatoms. The standard InChI is InChI=1S/C23H21N7OS/c31-23(15-5-6-15)25-16-7-9-18(10-8-16)32-21-13-29(12-17-11-24-14-30(17)21)28-22-19-3-1-2-4-20(19)26-27-22/h1-4,7-11,13-15H,5-6,12H2,(H,25,31)(H2,26,27,28)/q+1. The highest BCUT2D eigenvalue weighted by Gasteiger charge is 2.37. The van der Waals surface area contributed by atoms with Crippen LogP contribution in [0.1, 0.15) is 12.8 Å². The van der Waals surface area contributed by atoms with Crippen LogP contribution in [0.4, 0.5) is 11.5 Å². The minimum Gasteiger partial charge on any atom is -0.326 e. The van der Waals surface area contributed by atoms with Gasteiger partial charge < -0.3 is 5.32 Å². The number of nitrogens with zero attached hydrogens (tertiary/aromatic N) is 4. The van der Waals surface area contributed by atoms with Crippen LogP contribution in [0.15, 0.2) is 81.5 Å². The Morgan fingerprint density at radius 3 is 2.84 bits per heavy atom. The van der Waals surface area contributed by atoms with Crippen molar-refractivity contribution < 1.29 is 4.79 Å². The molecule has 0 bridgehead atoms. The minimum atomic E-state index is 0.121. The number of hydrazine groups is 1. The van der Waals surface area contributed by atoms with E-state index < -0.39 is 0 Å². The Balaban J connectivity index is 1.21. The normalized spacial score (nSPS) is 17.8. The molecule has 0 unspecified atom stereocenters. The number of H-pyrrole nitrogens is 1. The van der Waals surface area contributed by atoms with Crippen molar-refractivity contribution in [2.45, 2.75) is 17.7 Å². The lowest BCUT2D eigenvalue weighted by atomic mass is 10.2. The average Bonchev–Trinajstić information content (AvgIpc) is 3.43. The Bertz CT molecular complexity index is 1270. The van der Waals surface area contributed by atoms with Crippen molar-refractivity contribution in [3.05, 3.63) is 71.7 Å². The molecule has 1 aliphatic carbocycles. The fraction of sp³-hybridized carbons (Fsp3) is 0.174. The van der Waals surface area contributed by atoms with Crippen LogP contribution >= 0.6 is 11.8 Å². The first-order valence-corrected chi connectivity index (χ1v) is 11.3. The van der Waals surface area contributed by atoms with E-state index in [4.69, 9.17) is 0 Å². The van der Waals surface area contributed by atoms with Crippen molar-refractivity contribution in [2.24, 2.45) is 10.9 Å². The van der Waals surface area contributed by atoms with Crippen LogP contribution in [0, 0.1) is 5.92 Å². The zero-order valence-electron chi connectivity index (χ0n) is 17.2. The Labute approximate surface area is 189 Å². The highest BCUT2D eigenvalue weighted by atomic mass is 32.2. The van der Waals surface area contributed by atoms with E-state index in [2.05, 4.69) is 37.0 Å². The van der Waals surface area contributed by atoms with Crippen molar-refractivity contribution in [1.82, 2.24) is 20.1 Å². The summed E-state index contributed by atoms with van der Waals surface area (Å²) >= 11 is 1.64. The number of fused-ring (bicyclic) bond motifs is 2. The van der Waals surface area contributed by atoms with Crippen LogP contribution in [0.25, 0.3) is 10.9 Å². The van der Waals surface area contributed by atoms with E-state index in [0.717, 1.165) is 50.9 Å². The topological polar surface area (TPSA) is 91.3 Å². The summed E-state index contributed by atoms with van der Waals surface area (Å²) in [4.78, 5) is 19.5. The number of aliphatic imine (C=N–C) groups is 1. The molecule has 2 aromatic carbocycles. The molecule has 1 radical (unpaired) electrons. The van der Waals surface area contributed by atoms with Gasteiger partial charge in [0, 0.05) is 21.9 Å². The smallest absolute Gasteiger partial charge is 0.250 e. The molecule has 0 saturated heterocycles. The lowest BCUT2D eigenvalue weighted by molar-refractivity contribution is -0.117. The number of carbonyl (C=O) groups excluding carboxylic acids is 1. The van der Waals surface area contributed by atoms with Gasteiger partial charge in [0.1, 0.15) is 6.54 Å². The Morgan fingerprint density at radius 1 is 1.16 bits per heavy atom. The molecule has 159 valence electrons. The molecule has 3 N–H and O–H groups in total. The summed E-state index contributed by atoms with van der Waals surface area (Å²) in [5.41, 5.74) is 6.31. The average molecular weight is 444 g/mol. The lowest BCUT2D eigenvalue weighted by Crippen LogP contribution is -2.39. The van der Waals surface area contributed by atoms with E-state index >= 15 is 0 Å². The van der Waals surface area contributed by atoms with Crippen LogP contribution < -0.4 is 15.6 Å². The van der Waals surface area contributed by atoms with Crippen LogP contribution in [-0.2, 0) is 4.79 Å². The summed E-state index contributed by atoms with van der Waals surface area (Å²) in [7, 11) is 0. The van der Waals surface area contributed by atoms with Gasteiger partial charge in [-0.15, -0.1) is 0 Å². The molecule has 0 atom stereocenters. The van der Waals surface area contributed by atoms with Crippen LogP contribution in [0.5, 0.6) is 0 Å². The molecular weight excluding hydrogens is 422 g/mol. The summed E-state index contributed by atoms with van der Waals surface area (Å²) in [6.45, 7) is 0.664. The number of benzene rings is 2. The van der Waals surface area contributed by atoms with Gasteiger partial charge in [0.05, 0.1) is 17.9 Å². The first kappa shape index (κ1) is 19.1. The van der Waals surface area contributed by atoms with Gasteiger partial charge >= 0.3 is 0 Å². The van der Waals surface area contributed by atoms with Crippen LogP contribution in [0.2, 0.25) is 0 Å². The molecule has 8 nitrogen and oxygen atoms in total. The number of anilines is 2. The van der Waals surface area contributed by atoms with Gasteiger partial charge in [-0.1, -0.05) is 12.1 Å². The summed E-state index contributed by atoms with van der Waals surface area (Å²) in [5, 5.41) is 14.5. The van der Waals surface area contributed by atoms with E-state index in [0.29, 0.717) is 6.54 Å². The van der Waals surface area contributed by atoms with Gasteiger partial charge in [-0.25, -0.2) is 4.99 Å². The molecule has 1 aromatic heterocycles. The second kappa shape index (κ2) is 7.85. The molecule has 1 amide bonds. The molecule has 3 heterocycles. The zero-order valence-corrected chi connectivity index (χ0v) is 18.0. The Morgan fingerprint density at radius 2 is 2.00 bits per heavy atom. The van der Waals surface area contributed by atoms with Gasteiger partial charge in [-0.3, -0.25) is 20.3 Å². The molecule has 1 fully saturated rings. The monoisotopic (exact) mass is 443 g/mol. The summed E-state index contributed by atoms with van der Waals surface area (Å²) in [5.74, 6) is 1.10.